The van der Waals surface area contributed by atoms with E-state index >= 15 is 0 Å². The summed E-state index contributed by atoms with van der Waals surface area (Å²) in [4.78, 5) is 0. The van der Waals surface area contributed by atoms with Crippen molar-refractivity contribution < 1.29 is 0 Å². The minimum absolute atomic E-state index is 0.909. The van der Waals surface area contributed by atoms with Crippen LogP contribution in [0, 0.1) is 5.92 Å². The van der Waals surface area contributed by atoms with E-state index in [1.165, 1.54) is 55.6 Å². The van der Waals surface area contributed by atoms with Crippen LogP contribution in [-0.4, -0.2) is 19.6 Å². The number of hydrogen-bond acceptors (Lipinski definition) is 2. The Balaban J connectivity index is 1.61. The predicted octanol–water partition coefficient (Wildman–Crippen LogP) is 2.20. The van der Waals surface area contributed by atoms with Crippen molar-refractivity contribution in [2.45, 2.75) is 25.7 Å². The van der Waals surface area contributed by atoms with Crippen molar-refractivity contribution in [1.82, 2.24) is 5.32 Å². The third kappa shape index (κ3) is 2.07. The fraction of sp³-hybridized carbons (Fsp3) is 0.571. The lowest BCUT2D eigenvalue weighted by molar-refractivity contribution is 0.533. The normalized spacial score (nSPS) is 23.1. The molecule has 2 N–H and O–H groups in total. The molecule has 2 heterocycles. The van der Waals surface area contributed by atoms with Gasteiger partial charge in [-0.25, -0.2) is 0 Å². The Bertz CT molecular complexity index is 367. The Morgan fingerprint density at radius 3 is 3.12 bits per heavy atom. The summed E-state index contributed by atoms with van der Waals surface area (Å²) in [6.45, 7) is 3.57. The second-order valence-electron chi connectivity index (χ2n) is 5.07. The quantitative estimate of drug-likeness (QED) is 0.809. The van der Waals surface area contributed by atoms with Gasteiger partial charge < -0.3 is 10.6 Å². The lowest BCUT2D eigenvalue weighted by Gasteiger charge is -2.09. The molecule has 1 aromatic carbocycles. The van der Waals surface area contributed by atoms with Gasteiger partial charge in [0.05, 0.1) is 0 Å². The Labute approximate surface area is 97.4 Å². The Morgan fingerprint density at radius 1 is 1.25 bits per heavy atom. The van der Waals surface area contributed by atoms with Crippen LogP contribution in [0.15, 0.2) is 18.2 Å². The average molecular weight is 216 g/mol. The molecule has 86 valence electrons. The van der Waals surface area contributed by atoms with Gasteiger partial charge in [-0.2, -0.15) is 0 Å². The van der Waals surface area contributed by atoms with Crippen molar-refractivity contribution in [3.63, 3.8) is 0 Å². The second-order valence-corrected chi connectivity index (χ2v) is 5.07. The predicted molar refractivity (Wildman–Crippen MR) is 67.9 cm³/mol. The highest BCUT2D eigenvalue weighted by atomic mass is 14.9. The van der Waals surface area contributed by atoms with E-state index in [4.69, 9.17) is 0 Å². The van der Waals surface area contributed by atoms with Crippen LogP contribution in [0.25, 0.3) is 0 Å². The first-order chi connectivity index (χ1) is 7.92. The van der Waals surface area contributed by atoms with Gasteiger partial charge in [-0.05, 0) is 61.9 Å². The van der Waals surface area contributed by atoms with Crippen molar-refractivity contribution in [3.8, 4) is 0 Å². The number of nitrogens with one attached hydrogen (secondary N) is 2. The summed E-state index contributed by atoms with van der Waals surface area (Å²) in [5, 5.41) is 6.85. The molecule has 0 saturated carbocycles. The summed E-state index contributed by atoms with van der Waals surface area (Å²) < 4.78 is 0. The Morgan fingerprint density at radius 2 is 2.25 bits per heavy atom. The molecule has 0 spiro atoms. The molecule has 2 heteroatoms. The molecule has 0 aromatic heterocycles. The number of benzene rings is 1. The topological polar surface area (TPSA) is 24.1 Å². The molecular weight excluding hydrogens is 196 g/mol. The van der Waals surface area contributed by atoms with E-state index in [0.717, 1.165) is 12.5 Å². The summed E-state index contributed by atoms with van der Waals surface area (Å²) in [6.07, 6.45) is 5.17. The number of fused-ring (bicyclic) bond motifs is 1. The lowest BCUT2D eigenvalue weighted by Crippen LogP contribution is -2.09. The summed E-state index contributed by atoms with van der Waals surface area (Å²) in [7, 11) is 0. The molecular formula is C14H20N2. The van der Waals surface area contributed by atoms with Gasteiger partial charge >= 0.3 is 0 Å². The van der Waals surface area contributed by atoms with Crippen LogP contribution in [0.1, 0.15) is 24.0 Å². The van der Waals surface area contributed by atoms with E-state index in [9.17, 15) is 0 Å². The first-order valence-electron chi connectivity index (χ1n) is 6.48. The first-order valence-corrected chi connectivity index (χ1v) is 6.48. The molecule has 1 atom stereocenters. The van der Waals surface area contributed by atoms with Crippen molar-refractivity contribution in [1.29, 1.82) is 0 Å². The largest absolute Gasteiger partial charge is 0.384 e. The zero-order valence-electron chi connectivity index (χ0n) is 9.76. The molecule has 2 aliphatic heterocycles. The van der Waals surface area contributed by atoms with Crippen LogP contribution < -0.4 is 10.6 Å². The average Bonchev–Trinajstić information content (AvgIpc) is 2.97. The molecule has 2 nitrogen and oxygen atoms in total. The van der Waals surface area contributed by atoms with E-state index < -0.39 is 0 Å². The summed E-state index contributed by atoms with van der Waals surface area (Å²) in [6, 6.07) is 6.95. The monoisotopic (exact) mass is 216 g/mol. The third-order valence-electron chi connectivity index (χ3n) is 3.88. The molecule has 2 aliphatic rings. The van der Waals surface area contributed by atoms with Crippen LogP contribution in [0.5, 0.6) is 0 Å². The first kappa shape index (κ1) is 10.2. The molecule has 0 aliphatic carbocycles. The summed E-state index contributed by atoms with van der Waals surface area (Å²) in [5.74, 6) is 0.909. The van der Waals surface area contributed by atoms with Gasteiger partial charge in [0.1, 0.15) is 0 Å². The van der Waals surface area contributed by atoms with E-state index in [-0.39, 0.29) is 0 Å². The zero-order chi connectivity index (χ0) is 10.8. The highest BCUT2D eigenvalue weighted by Crippen LogP contribution is 2.24. The van der Waals surface area contributed by atoms with E-state index in [0.29, 0.717) is 0 Å². The van der Waals surface area contributed by atoms with Crippen LogP contribution in [0.2, 0.25) is 0 Å². The second kappa shape index (κ2) is 4.46. The molecule has 1 unspecified atom stereocenters. The lowest BCUT2D eigenvalue weighted by atomic mass is 9.97. The highest BCUT2D eigenvalue weighted by Gasteiger charge is 2.15. The number of hydrogen-bond donors (Lipinski definition) is 2. The number of anilines is 1. The molecule has 0 amide bonds. The maximum absolute atomic E-state index is 3.44. The molecule has 3 rings (SSSR count). The molecule has 1 fully saturated rings. The van der Waals surface area contributed by atoms with Gasteiger partial charge in [-0.3, -0.25) is 0 Å². The Hall–Kier alpha value is -1.02. The molecule has 1 aromatic rings. The van der Waals surface area contributed by atoms with Crippen LogP contribution in [0.3, 0.4) is 0 Å². The van der Waals surface area contributed by atoms with Gasteiger partial charge in [-0.1, -0.05) is 12.1 Å². The van der Waals surface area contributed by atoms with Crippen LogP contribution >= 0.6 is 0 Å². The van der Waals surface area contributed by atoms with Gasteiger partial charge in [0.2, 0.25) is 0 Å². The minimum Gasteiger partial charge on any atom is -0.384 e. The molecule has 16 heavy (non-hydrogen) atoms. The Kier molecular flexibility index (Phi) is 2.83. The van der Waals surface area contributed by atoms with Gasteiger partial charge in [0.15, 0.2) is 0 Å². The van der Waals surface area contributed by atoms with E-state index in [2.05, 4.69) is 28.8 Å². The van der Waals surface area contributed by atoms with Gasteiger partial charge in [-0.15, -0.1) is 0 Å². The molecule has 0 radical (unpaired) electrons. The van der Waals surface area contributed by atoms with Crippen LogP contribution in [-0.2, 0) is 12.8 Å². The SMILES string of the molecule is c1cc2c(cc1CCC1CCNC1)CCN2. The number of rotatable bonds is 3. The molecule has 1 saturated heterocycles. The standard InChI is InChI=1S/C14H20N2/c1(2-12-5-7-15-10-12)11-3-4-14-13(9-11)6-8-16-14/h3-4,9,12,15-16H,1-2,5-8,10H2. The van der Waals surface area contributed by atoms with Crippen LogP contribution in [0.4, 0.5) is 5.69 Å². The summed E-state index contributed by atoms with van der Waals surface area (Å²) >= 11 is 0. The van der Waals surface area contributed by atoms with E-state index in [1.54, 1.807) is 0 Å². The number of aryl methyl sites for hydroxylation is 1. The van der Waals surface area contributed by atoms with Crippen molar-refractivity contribution in [2.24, 2.45) is 5.92 Å². The maximum Gasteiger partial charge on any atom is 0.0373 e. The van der Waals surface area contributed by atoms with Crippen molar-refractivity contribution >= 4 is 5.69 Å². The fourth-order valence-electron chi connectivity index (χ4n) is 2.85. The van der Waals surface area contributed by atoms with Crippen molar-refractivity contribution in [3.05, 3.63) is 29.3 Å². The molecule has 0 bridgehead atoms. The highest BCUT2D eigenvalue weighted by molar-refractivity contribution is 5.56. The zero-order valence-corrected chi connectivity index (χ0v) is 9.76. The van der Waals surface area contributed by atoms with Gasteiger partial charge in [0.25, 0.3) is 0 Å². The summed E-state index contributed by atoms with van der Waals surface area (Å²) in [5.41, 5.74) is 4.39. The van der Waals surface area contributed by atoms with Crippen molar-refractivity contribution in [2.75, 3.05) is 25.0 Å². The third-order valence-corrected chi connectivity index (χ3v) is 3.88. The van der Waals surface area contributed by atoms with Gasteiger partial charge in [0, 0.05) is 12.2 Å². The minimum atomic E-state index is 0.909. The fourth-order valence-corrected chi connectivity index (χ4v) is 2.85. The smallest absolute Gasteiger partial charge is 0.0373 e. The maximum atomic E-state index is 3.44. The van der Waals surface area contributed by atoms with E-state index in [1.807, 2.05) is 0 Å².